The van der Waals surface area contributed by atoms with Gasteiger partial charge in [0.25, 0.3) is 11.8 Å². The van der Waals surface area contributed by atoms with Gasteiger partial charge < -0.3 is 4.90 Å². The summed E-state index contributed by atoms with van der Waals surface area (Å²) in [5.74, 6) is 0.603. The predicted octanol–water partition coefficient (Wildman–Crippen LogP) is 4.67. The molecule has 2 aliphatic heterocycles. The highest BCUT2D eigenvalue weighted by Gasteiger charge is 2.45. The summed E-state index contributed by atoms with van der Waals surface area (Å²) in [6, 6.07) is 4.03. The van der Waals surface area contributed by atoms with Crippen molar-refractivity contribution < 1.29 is 9.59 Å². The molecular formula is C22H30N2O2S. The molecule has 1 aromatic rings. The molecule has 0 spiro atoms. The van der Waals surface area contributed by atoms with Gasteiger partial charge in [0.2, 0.25) is 0 Å². The third kappa shape index (κ3) is 3.71. The molecule has 2 amide bonds. The lowest BCUT2D eigenvalue weighted by Crippen LogP contribution is -2.43. The van der Waals surface area contributed by atoms with E-state index in [0.29, 0.717) is 17.2 Å². The second-order valence-electron chi connectivity index (χ2n) is 8.35. The van der Waals surface area contributed by atoms with Crippen molar-refractivity contribution in [2.45, 2.75) is 70.8 Å². The highest BCUT2D eigenvalue weighted by atomic mass is 32.1. The van der Waals surface area contributed by atoms with E-state index in [1.807, 2.05) is 17.5 Å². The van der Waals surface area contributed by atoms with E-state index < -0.39 is 0 Å². The minimum atomic E-state index is -0.0540. The van der Waals surface area contributed by atoms with Crippen LogP contribution in [0.25, 0.3) is 5.57 Å². The molecule has 0 radical (unpaired) electrons. The highest BCUT2D eigenvalue weighted by molar-refractivity contribution is 7.11. The topological polar surface area (TPSA) is 40.6 Å². The van der Waals surface area contributed by atoms with Crippen molar-refractivity contribution in [1.29, 1.82) is 0 Å². The van der Waals surface area contributed by atoms with Gasteiger partial charge in [-0.25, -0.2) is 0 Å². The summed E-state index contributed by atoms with van der Waals surface area (Å²) in [4.78, 5) is 31.7. The third-order valence-corrected chi connectivity index (χ3v) is 7.29. The number of imide groups is 1. The number of thiophene rings is 1. The van der Waals surface area contributed by atoms with E-state index in [2.05, 4.69) is 11.8 Å². The lowest BCUT2D eigenvalue weighted by atomic mass is 9.95. The van der Waals surface area contributed by atoms with Crippen LogP contribution < -0.4 is 0 Å². The van der Waals surface area contributed by atoms with Crippen molar-refractivity contribution >= 4 is 28.7 Å². The van der Waals surface area contributed by atoms with Crippen LogP contribution in [0.2, 0.25) is 0 Å². The molecule has 0 N–H and O–H groups in total. The average Bonchev–Trinajstić information content (AvgIpc) is 3.23. The predicted molar refractivity (Wildman–Crippen MR) is 109 cm³/mol. The first kappa shape index (κ1) is 18.7. The number of nitrogens with zero attached hydrogens (tertiary/aromatic N) is 2. The Labute approximate surface area is 166 Å². The Hall–Kier alpha value is -1.62. The molecule has 1 aliphatic carbocycles. The number of carbonyl (C=O) groups excluding carboxylic acids is 2. The summed E-state index contributed by atoms with van der Waals surface area (Å²) in [5.41, 5.74) is 1.34. The van der Waals surface area contributed by atoms with Crippen LogP contribution in [0.4, 0.5) is 0 Å². The summed E-state index contributed by atoms with van der Waals surface area (Å²) in [5, 5.41) is 1.99. The molecule has 3 heterocycles. The maximum atomic E-state index is 13.5. The molecule has 0 bridgehead atoms. The molecule has 0 atom stereocenters. The molecule has 0 aromatic carbocycles. The normalized spacial score (nSPS) is 23.9. The minimum absolute atomic E-state index is 0.0384. The van der Waals surface area contributed by atoms with Crippen molar-refractivity contribution in [3.8, 4) is 0 Å². The summed E-state index contributed by atoms with van der Waals surface area (Å²) >= 11 is 1.57. The zero-order valence-electron chi connectivity index (χ0n) is 16.3. The lowest BCUT2D eigenvalue weighted by molar-refractivity contribution is -0.140. The fourth-order valence-corrected chi connectivity index (χ4v) is 5.49. The van der Waals surface area contributed by atoms with E-state index in [4.69, 9.17) is 0 Å². The van der Waals surface area contributed by atoms with Crippen LogP contribution in [0.15, 0.2) is 23.2 Å². The summed E-state index contributed by atoms with van der Waals surface area (Å²) in [6.45, 7) is 4.03. The first-order valence-corrected chi connectivity index (χ1v) is 11.5. The number of likely N-dealkylation sites (tertiary alicyclic amines) is 1. The Balaban J connectivity index is 1.66. The van der Waals surface area contributed by atoms with Crippen LogP contribution in [0.5, 0.6) is 0 Å². The SMILES string of the molecule is CC1CCN(C2=C(c3cccs3)C(=O)N(C3CCCCCCC3)C2=O)CC1. The fourth-order valence-electron chi connectivity index (χ4n) is 4.73. The molecule has 1 saturated carbocycles. The summed E-state index contributed by atoms with van der Waals surface area (Å²) in [7, 11) is 0. The van der Waals surface area contributed by atoms with Gasteiger partial charge in [-0.05, 0) is 43.0 Å². The van der Waals surface area contributed by atoms with Gasteiger partial charge in [-0.1, -0.05) is 45.1 Å². The van der Waals surface area contributed by atoms with E-state index in [-0.39, 0.29) is 17.9 Å². The number of rotatable bonds is 3. The molecule has 2 fully saturated rings. The number of hydrogen-bond donors (Lipinski definition) is 0. The van der Waals surface area contributed by atoms with Gasteiger partial charge >= 0.3 is 0 Å². The van der Waals surface area contributed by atoms with Crippen LogP contribution in [-0.2, 0) is 9.59 Å². The van der Waals surface area contributed by atoms with Gasteiger partial charge in [0, 0.05) is 24.0 Å². The van der Waals surface area contributed by atoms with Crippen LogP contribution in [0.3, 0.4) is 0 Å². The maximum Gasteiger partial charge on any atom is 0.278 e. The smallest absolute Gasteiger partial charge is 0.278 e. The Bertz CT molecular complexity index is 709. The van der Waals surface area contributed by atoms with E-state index in [0.717, 1.165) is 56.5 Å². The van der Waals surface area contributed by atoms with E-state index in [9.17, 15) is 9.59 Å². The molecule has 5 heteroatoms. The minimum Gasteiger partial charge on any atom is -0.366 e. The first-order chi connectivity index (χ1) is 13.2. The van der Waals surface area contributed by atoms with Gasteiger partial charge in [-0.15, -0.1) is 11.3 Å². The van der Waals surface area contributed by atoms with Crippen LogP contribution in [0, 0.1) is 5.92 Å². The largest absolute Gasteiger partial charge is 0.366 e. The zero-order chi connectivity index (χ0) is 18.8. The van der Waals surface area contributed by atoms with Gasteiger partial charge in [-0.2, -0.15) is 0 Å². The summed E-state index contributed by atoms with van der Waals surface area (Å²) < 4.78 is 0. The highest BCUT2D eigenvalue weighted by Crippen LogP contribution is 2.38. The Kier molecular flexibility index (Phi) is 5.67. The molecule has 4 rings (SSSR count). The van der Waals surface area contributed by atoms with Gasteiger partial charge in [0.15, 0.2) is 0 Å². The maximum absolute atomic E-state index is 13.5. The third-order valence-electron chi connectivity index (χ3n) is 6.40. The quantitative estimate of drug-likeness (QED) is 0.709. The van der Waals surface area contributed by atoms with Gasteiger partial charge in [0.1, 0.15) is 5.70 Å². The van der Waals surface area contributed by atoms with Crippen molar-refractivity contribution in [1.82, 2.24) is 9.80 Å². The molecule has 1 aromatic heterocycles. The Morgan fingerprint density at radius 3 is 2.22 bits per heavy atom. The second kappa shape index (κ2) is 8.17. The van der Waals surface area contributed by atoms with Crippen LogP contribution in [-0.4, -0.2) is 40.7 Å². The number of piperidine rings is 1. The van der Waals surface area contributed by atoms with Crippen LogP contribution >= 0.6 is 11.3 Å². The number of carbonyl (C=O) groups is 2. The van der Waals surface area contributed by atoms with E-state index in [1.165, 1.54) is 19.3 Å². The summed E-state index contributed by atoms with van der Waals surface area (Å²) in [6.07, 6.45) is 10.0. The lowest BCUT2D eigenvalue weighted by Gasteiger charge is -2.33. The van der Waals surface area contributed by atoms with Crippen molar-refractivity contribution in [3.63, 3.8) is 0 Å². The monoisotopic (exact) mass is 386 g/mol. The van der Waals surface area contributed by atoms with E-state index >= 15 is 0 Å². The average molecular weight is 387 g/mol. The number of amides is 2. The second-order valence-corrected chi connectivity index (χ2v) is 9.30. The van der Waals surface area contributed by atoms with E-state index in [1.54, 1.807) is 16.2 Å². The molecule has 0 unspecified atom stereocenters. The Morgan fingerprint density at radius 2 is 1.59 bits per heavy atom. The van der Waals surface area contributed by atoms with Gasteiger partial charge in [0.05, 0.1) is 5.57 Å². The fraction of sp³-hybridized carbons (Fsp3) is 0.636. The molecule has 4 nitrogen and oxygen atoms in total. The molecule has 1 saturated heterocycles. The standard InChI is InChI=1S/C22H30N2O2S/c1-16-11-13-23(14-12-16)20-19(18-10-7-15-27-18)21(25)24(22(20)26)17-8-5-3-2-4-6-9-17/h7,10,15-17H,2-6,8-9,11-14H2,1H3. The Morgan fingerprint density at radius 1 is 0.926 bits per heavy atom. The van der Waals surface area contributed by atoms with Crippen LogP contribution in [0.1, 0.15) is 69.6 Å². The number of hydrogen-bond acceptors (Lipinski definition) is 4. The van der Waals surface area contributed by atoms with Crippen molar-refractivity contribution in [2.75, 3.05) is 13.1 Å². The molecule has 3 aliphatic rings. The van der Waals surface area contributed by atoms with Crippen molar-refractivity contribution in [2.24, 2.45) is 5.92 Å². The zero-order valence-corrected chi connectivity index (χ0v) is 17.1. The molecule has 146 valence electrons. The van der Waals surface area contributed by atoms with Gasteiger partial charge in [-0.3, -0.25) is 14.5 Å². The van der Waals surface area contributed by atoms with Crippen molar-refractivity contribution in [3.05, 3.63) is 28.1 Å². The first-order valence-electron chi connectivity index (χ1n) is 10.6. The molecular weight excluding hydrogens is 356 g/mol. The molecule has 27 heavy (non-hydrogen) atoms.